The van der Waals surface area contributed by atoms with Gasteiger partial charge in [0.25, 0.3) is 11.8 Å². The second kappa shape index (κ2) is 8.35. The highest BCUT2D eigenvalue weighted by Crippen LogP contribution is 2.18. The molecule has 0 spiro atoms. The maximum absolute atomic E-state index is 12.4. The summed E-state index contributed by atoms with van der Waals surface area (Å²) in [6.45, 7) is 1.44. The summed E-state index contributed by atoms with van der Waals surface area (Å²) in [5, 5.41) is 2.83. The molecule has 0 radical (unpaired) electrons. The molecule has 0 aliphatic carbocycles. The van der Waals surface area contributed by atoms with Gasteiger partial charge < -0.3 is 14.8 Å². The average Bonchev–Trinajstić information content (AvgIpc) is 2.99. The number of hydrogen-bond donors (Lipinski definition) is 1. The van der Waals surface area contributed by atoms with Crippen LogP contribution in [0.3, 0.4) is 0 Å². The highest BCUT2D eigenvalue weighted by molar-refractivity contribution is 5.97. The Labute approximate surface area is 156 Å². The third-order valence-electron chi connectivity index (χ3n) is 4.20. The third-order valence-corrected chi connectivity index (χ3v) is 4.20. The van der Waals surface area contributed by atoms with Crippen LogP contribution in [0.25, 0.3) is 0 Å². The standard InChI is InChI=1S/C20H20N2O5/c1-14-7-5-6-10-17(14)26-12-18(23)21-16(15-8-3-2-4-9-15)11-22-19(24)13-27-20(22)25/h2-10,16H,11-13H2,1H3,(H,21,23). The van der Waals surface area contributed by atoms with Crippen molar-refractivity contribution in [1.29, 1.82) is 0 Å². The van der Waals surface area contributed by atoms with E-state index in [-0.39, 0.29) is 25.7 Å². The van der Waals surface area contributed by atoms with Gasteiger partial charge in [0.15, 0.2) is 13.2 Å². The van der Waals surface area contributed by atoms with Gasteiger partial charge in [-0.2, -0.15) is 0 Å². The van der Waals surface area contributed by atoms with E-state index in [0.29, 0.717) is 5.75 Å². The molecule has 1 aliphatic heterocycles. The quantitative estimate of drug-likeness (QED) is 0.810. The molecule has 1 heterocycles. The number of carbonyl (C=O) groups is 3. The highest BCUT2D eigenvalue weighted by Gasteiger charge is 2.33. The molecule has 7 nitrogen and oxygen atoms in total. The number of nitrogens with one attached hydrogen (secondary N) is 1. The number of benzene rings is 2. The Kier molecular flexibility index (Phi) is 5.71. The number of hydrogen-bond acceptors (Lipinski definition) is 5. The average molecular weight is 368 g/mol. The first-order valence-electron chi connectivity index (χ1n) is 8.54. The molecule has 1 fully saturated rings. The fourth-order valence-electron chi connectivity index (χ4n) is 2.76. The Balaban J connectivity index is 1.67. The largest absolute Gasteiger partial charge is 0.484 e. The minimum absolute atomic E-state index is 0.00220. The van der Waals surface area contributed by atoms with Gasteiger partial charge in [-0.25, -0.2) is 9.69 Å². The number of amides is 3. The van der Waals surface area contributed by atoms with E-state index in [4.69, 9.17) is 9.47 Å². The van der Waals surface area contributed by atoms with E-state index >= 15 is 0 Å². The van der Waals surface area contributed by atoms with Crippen LogP contribution in [-0.4, -0.2) is 42.6 Å². The summed E-state index contributed by atoms with van der Waals surface area (Å²) in [4.78, 5) is 37.0. The maximum Gasteiger partial charge on any atom is 0.417 e. The lowest BCUT2D eigenvalue weighted by Crippen LogP contribution is -2.41. The van der Waals surface area contributed by atoms with E-state index < -0.39 is 18.0 Å². The second-order valence-corrected chi connectivity index (χ2v) is 6.14. The number of nitrogens with zero attached hydrogens (tertiary/aromatic N) is 1. The van der Waals surface area contributed by atoms with Gasteiger partial charge in [0.2, 0.25) is 0 Å². The maximum atomic E-state index is 12.4. The van der Waals surface area contributed by atoms with Gasteiger partial charge in [-0.15, -0.1) is 0 Å². The zero-order valence-corrected chi connectivity index (χ0v) is 14.9. The number of ether oxygens (including phenoxy) is 2. The number of carbonyl (C=O) groups excluding carboxylic acids is 3. The normalized spacial score (nSPS) is 14.6. The van der Waals surface area contributed by atoms with Crippen molar-refractivity contribution in [3.05, 3.63) is 65.7 Å². The van der Waals surface area contributed by atoms with Crippen LogP contribution in [0.1, 0.15) is 17.2 Å². The Hall–Kier alpha value is -3.35. The Morgan fingerprint density at radius 1 is 1.15 bits per heavy atom. The molecular weight excluding hydrogens is 348 g/mol. The van der Waals surface area contributed by atoms with Crippen LogP contribution in [-0.2, 0) is 14.3 Å². The van der Waals surface area contributed by atoms with Crippen LogP contribution in [0.15, 0.2) is 54.6 Å². The predicted octanol–water partition coefficient (Wildman–Crippen LogP) is 2.21. The fourth-order valence-corrected chi connectivity index (χ4v) is 2.76. The number of para-hydroxylation sites is 1. The van der Waals surface area contributed by atoms with E-state index in [1.165, 1.54) is 0 Å². The summed E-state index contributed by atoms with van der Waals surface area (Å²) in [7, 11) is 0. The molecule has 1 aliphatic rings. The van der Waals surface area contributed by atoms with Crippen molar-refractivity contribution in [3.63, 3.8) is 0 Å². The van der Waals surface area contributed by atoms with Crippen molar-refractivity contribution in [3.8, 4) is 5.75 Å². The van der Waals surface area contributed by atoms with Crippen molar-refractivity contribution in [1.82, 2.24) is 10.2 Å². The molecule has 1 N–H and O–H groups in total. The first kappa shape index (κ1) is 18.4. The first-order valence-corrected chi connectivity index (χ1v) is 8.54. The third kappa shape index (κ3) is 4.63. The summed E-state index contributed by atoms with van der Waals surface area (Å²) < 4.78 is 10.3. The summed E-state index contributed by atoms with van der Waals surface area (Å²) in [5.74, 6) is -0.152. The lowest BCUT2D eigenvalue weighted by atomic mass is 10.1. The molecule has 3 amide bonds. The first-order chi connectivity index (χ1) is 13.0. The lowest BCUT2D eigenvalue weighted by Gasteiger charge is -2.23. The number of aryl methyl sites for hydroxylation is 1. The molecule has 140 valence electrons. The van der Waals surface area contributed by atoms with Gasteiger partial charge in [0, 0.05) is 0 Å². The minimum atomic E-state index is -0.702. The van der Waals surface area contributed by atoms with Crippen molar-refractivity contribution in [2.45, 2.75) is 13.0 Å². The zero-order valence-electron chi connectivity index (χ0n) is 14.9. The van der Waals surface area contributed by atoms with Gasteiger partial charge in [-0.1, -0.05) is 48.5 Å². The number of rotatable bonds is 7. The second-order valence-electron chi connectivity index (χ2n) is 6.14. The van der Waals surface area contributed by atoms with Crippen molar-refractivity contribution < 1.29 is 23.9 Å². The summed E-state index contributed by atoms with van der Waals surface area (Å²) in [6, 6.07) is 16.0. The van der Waals surface area contributed by atoms with Crippen LogP contribution >= 0.6 is 0 Å². The fraction of sp³-hybridized carbons (Fsp3) is 0.250. The Bertz CT molecular complexity index is 821. The predicted molar refractivity (Wildman–Crippen MR) is 97.1 cm³/mol. The zero-order chi connectivity index (χ0) is 19.2. The van der Waals surface area contributed by atoms with E-state index in [9.17, 15) is 14.4 Å². The van der Waals surface area contributed by atoms with Gasteiger partial charge in [-0.3, -0.25) is 9.59 Å². The molecule has 0 bridgehead atoms. The smallest absolute Gasteiger partial charge is 0.417 e. The van der Waals surface area contributed by atoms with Gasteiger partial charge in [0.05, 0.1) is 12.6 Å². The van der Waals surface area contributed by atoms with E-state index in [1.807, 2.05) is 55.5 Å². The van der Waals surface area contributed by atoms with Crippen LogP contribution in [0.2, 0.25) is 0 Å². The van der Waals surface area contributed by atoms with Crippen molar-refractivity contribution >= 4 is 17.9 Å². The van der Waals surface area contributed by atoms with E-state index in [0.717, 1.165) is 16.0 Å². The van der Waals surface area contributed by atoms with Crippen LogP contribution < -0.4 is 10.1 Å². The molecule has 1 saturated heterocycles. The molecule has 2 aromatic rings. The monoisotopic (exact) mass is 368 g/mol. The van der Waals surface area contributed by atoms with Crippen LogP contribution in [0, 0.1) is 6.92 Å². The molecule has 3 rings (SSSR count). The molecule has 27 heavy (non-hydrogen) atoms. The molecule has 0 saturated carbocycles. The van der Waals surface area contributed by atoms with Crippen LogP contribution in [0.5, 0.6) is 5.75 Å². The van der Waals surface area contributed by atoms with E-state index in [1.54, 1.807) is 6.07 Å². The summed E-state index contributed by atoms with van der Waals surface area (Å²) in [5.41, 5.74) is 1.70. The molecule has 2 aromatic carbocycles. The van der Waals surface area contributed by atoms with Gasteiger partial charge in [0.1, 0.15) is 5.75 Å². The molecule has 1 atom stereocenters. The van der Waals surface area contributed by atoms with Crippen LogP contribution in [0.4, 0.5) is 4.79 Å². The summed E-state index contributed by atoms with van der Waals surface area (Å²) in [6.07, 6.45) is -0.702. The molecule has 0 aromatic heterocycles. The Morgan fingerprint density at radius 2 is 1.85 bits per heavy atom. The summed E-state index contributed by atoms with van der Waals surface area (Å²) >= 11 is 0. The van der Waals surface area contributed by atoms with Gasteiger partial charge >= 0.3 is 6.09 Å². The lowest BCUT2D eigenvalue weighted by molar-refractivity contribution is -0.128. The molecule has 1 unspecified atom stereocenters. The Morgan fingerprint density at radius 3 is 2.52 bits per heavy atom. The number of cyclic esters (lactones) is 1. The van der Waals surface area contributed by atoms with Crippen molar-refractivity contribution in [2.24, 2.45) is 0 Å². The molecule has 7 heteroatoms. The number of imide groups is 1. The molecular formula is C20H20N2O5. The van der Waals surface area contributed by atoms with Crippen molar-refractivity contribution in [2.75, 3.05) is 19.8 Å². The van der Waals surface area contributed by atoms with E-state index in [2.05, 4.69) is 5.32 Å². The highest BCUT2D eigenvalue weighted by atomic mass is 16.6. The minimum Gasteiger partial charge on any atom is -0.484 e. The van der Waals surface area contributed by atoms with Gasteiger partial charge in [-0.05, 0) is 24.1 Å². The SMILES string of the molecule is Cc1ccccc1OCC(=O)NC(CN1C(=O)COC1=O)c1ccccc1. The topological polar surface area (TPSA) is 84.9 Å².